The molecule has 0 aromatic heterocycles. The van der Waals surface area contributed by atoms with Crippen LogP contribution in [0.4, 0.5) is 4.39 Å². The normalized spacial score (nSPS) is 30.8. The van der Waals surface area contributed by atoms with Crippen LogP contribution in [-0.2, 0) is 11.2 Å². The highest BCUT2D eigenvalue weighted by atomic mass is 35.5. The van der Waals surface area contributed by atoms with Crippen molar-refractivity contribution in [3.63, 3.8) is 0 Å². The summed E-state index contributed by atoms with van der Waals surface area (Å²) in [4.78, 5) is 0. The summed E-state index contributed by atoms with van der Waals surface area (Å²) in [6, 6.07) is 4.53. The average molecular weight is 285 g/mol. The second-order valence-electron chi connectivity index (χ2n) is 5.49. The van der Waals surface area contributed by atoms with Crippen LogP contribution in [0.5, 0.6) is 0 Å². The van der Waals surface area contributed by atoms with E-state index in [0.29, 0.717) is 29.6 Å². The number of ether oxygens (including phenoxy) is 1. The average Bonchev–Trinajstić information content (AvgIpc) is 3.02. The van der Waals surface area contributed by atoms with Gasteiger partial charge in [0.15, 0.2) is 0 Å². The zero-order chi connectivity index (χ0) is 13.4. The molecule has 3 N–H and O–H groups in total. The number of hydrogen-bond donors (Lipinski definition) is 2. The SMILES string of the molecule is NNC(Cc1cc(F)ccc1Cl)C1CC2CCC1O2. The van der Waals surface area contributed by atoms with Crippen molar-refractivity contribution >= 4 is 11.6 Å². The largest absolute Gasteiger partial charge is 0.375 e. The fraction of sp³-hybridized carbons (Fsp3) is 0.571. The molecular weight excluding hydrogens is 267 g/mol. The van der Waals surface area contributed by atoms with Crippen LogP contribution in [0.3, 0.4) is 0 Å². The minimum Gasteiger partial charge on any atom is -0.375 e. The third-order valence-corrected chi connectivity index (χ3v) is 4.70. The summed E-state index contributed by atoms with van der Waals surface area (Å²) < 4.78 is 19.2. The van der Waals surface area contributed by atoms with Crippen LogP contribution >= 0.6 is 11.6 Å². The van der Waals surface area contributed by atoms with Gasteiger partial charge in [-0.25, -0.2) is 4.39 Å². The lowest BCUT2D eigenvalue weighted by molar-refractivity contribution is 0.0857. The van der Waals surface area contributed by atoms with Crippen LogP contribution in [0.2, 0.25) is 5.02 Å². The van der Waals surface area contributed by atoms with Crippen LogP contribution in [0.1, 0.15) is 24.8 Å². The predicted molar refractivity (Wildman–Crippen MR) is 72.2 cm³/mol. The minimum absolute atomic E-state index is 0.0783. The maximum absolute atomic E-state index is 13.3. The summed E-state index contributed by atoms with van der Waals surface area (Å²) in [5.74, 6) is 5.81. The third-order valence-electron chi connectivity index (χ3n) is 4.33. The lowest BCUT2D eigenvalue weighted by Gasteiger charge is -2.28. The molecule has 4 atom stereocenters. The molecule has 2 saturated heterocycles. The van der Waals surface area contributed by atoms with E-state index >= 15 is 0 Å². The molecule has 1 aromatic rings. The first-order valence-electron chi connectivity index (χ1n) is 6.73. The zero-order valence-electron chi connectivity index (χ0n) is 10.6. The van der Waals surface area contributed by atoms with Crippen molar-refractivity contribution in [3.8, 4) is 0 Å². The van der Waals surface area contributed by atoms with Crippen molar-refractivity contribution in [3.05, 3.63) is 34.6 Å². The molecule has 0 saturated carbocycles. The summed E-state index contributed by atoms with van der Waals surface area (Å²) in [5.41, 5.74) is 3.66. The lowest BCUT2D eigenvalue weighted by atomic mass is 9.82. The molecule has 2 heterocycles. The molecular formula is C14H18ClFN2O. The van der Waals surface area contributed by atoms with Gasteiger partial charge in [0.05, 0.1) is 12.2 Å². The Labute approximate surface area is 117 Å². The topological polar surface area (TPSA) is 47.3 Å². The molecule has 3 nitrogen and oxygen atoms in total. The van der Waals surface area contributed by atoms with Crippen LogP contribution in [0.25, 0.3) is 0 Å². The van der Waals surface area contributed by atoms with E-state index in [0.717, 1.165) is 24.8 Å². The summed E-state index contributed by atoms with van der Waals surface area (Å²) in [7, 11) is 0. The Morgan fingerprint density at radius 3 is 2.95 bits per heavy atom. The van der Waals surface area contributed by atoms with Crippen LogP contribution in [0.15, 0.2) is 18.2 Å². The second kappa shape index (κ2) is 5.37. The molecule has 2 aliphatic heterocycles. The first-order chi connectivity index (χ1) is 9.17. The van der Waals surface area contributed by atoms with Gasteiger partial charge in [0.2, 0.25) is 0 Å². The van der Waals surface area contributed by atoms with Gasteiger partial charge in [-0.3, -0.25) is 11.3 Å². The number of nitrogens with two attached hydrogens (primary N) is 1. The zero-order valence-corrected chi connectivity index (χ0v) is 11.4. The van der Waals surface area contributed by atoms with Crippen molar-refractivity contribution in [1.29, 1.82) is 0 Å². The smallest absolute Gasteiger partial charge is 0.123 e. The number of benzene rings is 1. The Balaban J connectivity index is 1.74. The van der Waals surface area contributed by atoms with E-state index in [9.17, 15) is 4.39 Å². The van der Waals surface area contributed by atoms with Gasteiger partial charge >= 0.3 is 0 Å². The molecule has 0 radical (unpaired) electrons. The molecule has 0 spiro atoms. The van der Waals surface area contributed by atoms with Crippen molar-refractivity contribution < 1.29 is 9.13 Å². The summed E-state index contributed by atoms with van der Waals surface area (Å²) >= 11 is 6.12. The van der Waals surface area contributed by atoms with Gasteiger partial charge in [0, 0.05) is 17.0 Å². The molecule has 2 aliphatic rings. The van der Waals surface area contributed by atoms with E-state index in [2.05, 4.69) is 5.43 Å². The molecule has 5 heteroatoms. The van der Waals surface area contributed by atoms with Crippen molar-refractivity contribution in [2.45, 2.75) is 43.9 Å². The highest BCUT2D eigenvalue weighted by Gasteiger charge is 2.44. The number of halogens is 2. The van der Waals surface area contributed by atoms with Crippen LogP contribution in [-0.4, -0.2) is 18.2 Å². The molecule has 2 bridgehead atoms. The number of nitrogens with one attached hydrogen (secondary N) is 1. The first-order valence-corrected chi connectivity index (χ1v) is 7.10. The first kappa shape index (κ1) is 13.3. The van der Waals surface area contributed by atoms with Gasteiger partial charge in [-0.1, -0.05) is 11.6 Å². The fourth-order valence-electron chi connectivity index (χ4n) is 3.37. The van der Waals surface area contributed by atoms with E-state index < -0.39 is 0 Å². The van der Waals surface area contributed by atoms with Gasteiger partial charge < -0.3 is 4.74 Å². The quantitative estimate of drug-likeness (QED) is 0.659. The third kappa shape index (κ3) is 2.63. The van der Waals surface area contributed by atoms with Gasteiger partial charge in [0.25, 0.3) is 0 Å². The minimum atomic E-state index is -0.264. The number of hydrazine groups is 1. The second-order valence-corrected chi connectivity index (χ2v) is 5.89. The molecule has 104 valence electrons. The Hall–Kier alpha value is -0.680. The fourth-order valence-corrected chi connectivity index (χ4v) is 3.57. The van der Waals surface area contributed by atoms with Gasteiger partial charge in [-0.15, -0.1) is 0 Å². The highest BCUT2D eigenvalue weighted by molar-refractivity contribution is 6.31. The van der Waals surface area contributed by atoms with E-state index in [4.69, 9.17) is 22.2 Å². The van der Waals surface area contributed by atoms with E-state index in [-0.39, 0.29) is 11.9 Å². The molecule has 3 rings (SSSR count). The standard InChI is InChI=1S/C14H18ClFN2O/c15-12-3-1-9(16)5-8(12)6-13(18-17)11-7-10-2-4-14(11)19-10/h1,3,5,10-11,13-14,18H,2,4,6-7,17H2. The van der Waals surface area contributed by atoms with Crippen LogP contribution < -0.4 is 11.3 Å². The Morgan fingerprint density at radius 2 is 2.32 bits per heavy atom. The molecule has 0 amide bonds. The number of fused-ring (bicyclic) bond motifs is 2. The Kier molecular flexibility index (Phi) is 3.76. The lowest BCUT2D eigenvalue weighted by Crippen LogP contribution is -2.45. The van der Waals surface area contributed by atoms with Gasteiger partial charge in [-0.05, 0) is 49.4 Å². The maximum atomic E-state index is 13.3. The highest BCUT2D eigenvalue weighted by Crippen LogP contribution is 2.41. The molecule has 4 unspecified atom stereocenters. The van der Waals surface area contributed by atoms with Crippen molar-refractivity contribution in [2.24, 2.45) is 11.8 Å². The Bertz CT molecular complexity index is 471. The van der Waals surface area contributed by atoms with E-state index in [1.807, 2.05) is 0 Å². The van der Waals surface area contributed by atoms with Gasteiger partial charge in [0.1, 0.15) is 5.82 Å². The van der Waals surface area contributed by atoms with E-state index in [1.54, 1.807) is 6.07 Å². The monoisotopic (exact) mass is 284 g/mol. The molecule has 2 fully saturated rings. The predicted octanol–water partition coefficient (Wildman–Crippen LogP) is 2.42. The maximum Gasteiger partial charge on any atom is 0.123 e. The molecule has 19 heavy (non-hydrogen) atoms. The summed E-state index contributed by atoms with van der Waals surface area (Å²) in [6.45, 7) is 0. The summed E-state index contributed by atoms with van der Waals surface area (Å²) in [6.07, 6.45) is 4.59. The number of rotatable bonds is 4. The Morgan fingerprint density at radius 1 is 1.47 bits per heavy atom. The molecule has 1 aromatic carbocycles. The van der Waals surface area contributed by atoms with Crippen molar-refractivity contribution in [1.82, 2.24) is 5.43 Å². The van der Waals surface area contributed by atoms with Gasteiger partial charge in [-0.2, -0.15) is 0 Å². The van der Waals surface area contributed by atoms with Crippen LogP contribution in [0, 0.1) is 11.7 Å². The van der Waals surface area contributed by atoms with E-state index in [1.165, 1.54) is 12.1 Å². The van der Waals surface area contributed by atoms with Crippen molar-refractivity contribution in [2.75, 3.05) is 0 Å². The molecule has 0 aliphatic carbocycles. The summed E-state index contributed by atoms with van der Waals surface area (Å²) in [5, 5.41) is 0.589. The number of hydrogen-bond acceptors (Lipinski definition) is 3.